The van der Waals surface area contributed by atoms with Gasteiger partial charge >= 0.3 is 0 Å². The molecule has 134 valence electrons. The van der Waals surface area contributed by atoms with Crippen LogP contribution < -0.4 is 4.74 Å². The molecule has 2 fully saturated rings. The van der Waals surface area contributed by atoms with Crippen LogP contribution in [-0.2, 0) is 16.0 Å². The lowest BCUT2D eigenvalue weighted by Crippen LogP contribution is -2.46. The molecular weight excluding hydrogens is 316 g/mol. The van der Waals surface area contributed by atoms with Crippen LogP contribution in [0.1, 0.15) is 37.7 Å². The predicted octanol–water partition coefficient (Wildman–Crippen LogP) is 2.24. The Morgan fingerprint density at radius 3 is 2.44 bits per heavy atom. The molecule has 5 heteroatoms. The highest BCUT2D eigenvalue weighted by Gasteiger charge is 2.34. The van der Waals surface area contributed by atoms with E-state index in [1.165, 1.54) is 0 Å². The van der Waals surface area contributed by atoms with Crippen LogP contribution in [0.4, 0.5) is 0 Å². The Hall–Kier alpha value is -2.04. The number of para-hydroxylation sites is 1. The first-order valence-electron chi connectivity index (χ1n) is 9.52. The molecule has 1 aromatic rings. The minimum atomic E-state index is -0.375. The zero-order valence-electron chi connectivity index (χ0n) is 14.7. The summed E-state index contributed by atoms with van der Waals surface area (Å²) in [4.78, 5) is 28.9. The minimum Gasteiger partial charge on any atom is -0.480 e. The van der Waals surface area contributed by atoms with Crippen LogP contribution in [0.25, 0.3) is 0 Å². The number of likely N-dealkylation sites (tertiary alicyclic amines) is 2. The molecule has 0 radical (unpaired) electrons. The number of piperidine rings is 1. The normalized spacial score (nSPS) is 23.4. The standard InChI is InChI=1S/C20H26N2O3/c23-19(21-9-3-4-10-21)13-15-7-11-22(12-8-15)20(24)18-14-16-5-1-2-6-17(16)25-18/h1-2,5-6,15,18H,3-4,7-14H2. The molecule has 3 heterocycles. The molecule has 1 atom stereocenters. The average molecular weight is 342 g/mol. The SMILES string of the molecule is O=C(CC1CCN(C(=O)C2Cc3ccccc3O2)CC1)N1CCCC1. The maximum atomic E-state index is 12.7. The molecule has 1 unspecified atom stereocenters. The third-order valence-electron chi connectivity index (χ3n) is 5.77. The Labute approximate surface area is 148 Å². The number of rotatable bonds is 3. The third kappa shape index (κ3) is 3.51. The summed E-state index contributed by atoms with van der Waals surface area (Å²) in [6.45, 7) is 3.34. The largest absolute Gasteiger partial charge is 0.480 e. The number of ether oxygens (including phenoxy) is 1. The lowest BCUT2D eigenvalue weighted by molar-refractivity contribution is -0.139. The lowest BCUT2D eigenvalue weighted by atomic mass is 9.92. The fourth-order valence-corrected chi connectivity index (χ4v) is 4.22. The van der Waals surface area contributed by atoms with Crippen LogP contribution >= 0.6 is 0 Å². The first kappa shape index (κ1) is 16.4. The van der Waals surface area contributed by atoms with E-state index in [4.69, 9.17) is 4.74 Å². The topological polar surface area (TPSA) is 49.9 Å². The van der Waals surface area contributed by atoms with Crippen molar-refractivity contribution in [2.24, 2.45) is 5.92 Å². The van der Waals surface area contributed by atoms with E-state index in [0.717, 1.165) is 63.2 Å². The molecule has 2 amide bonds. The fraction of sp³-hybridized carbons (Fsp3) is 0.600. The Bertz CT molecular complexity index is 621. The summed E-state index contributed by atoms with van der Waals surface area (Å²) in [5.41, 5.74) is 1.12. The number of hydrogen-bond acceptors (Lipinski definition) is 3. The van der Waals surface area contributed by atoms with Crippen molar-refractivity contribution in [2.75, 3.05) is 26.2 Å². The summed E-state index contributed by atoms with van der Waals surface area (Å²) in [5, 5.41) is 0. The molecule has 0 N–H and O–H groups in total. The molecule has 5 nitrogen and oxygen atoms in total. The molecule has 0 saturated carbocycles. The van der Waals surface area contributed by atoms with Crippen molar-refractivity contribution >= 4 is 11.8 Å². The summed E-state index contributed by atoms with van der Waals surface area (Å²) in [7, 11) is 0. The Morgan fingerprint density at radius 2 is 1.72 bits per heavy atom. The van der Waals surface area contributed by atoms with E-state index < -0.39 is 0 Å². The zero-order chi connectivity index (χ0) is 17.2. The number of carbonyl (C=O) groups is 2. The van der Waals surface area contributed by atoms with Crippen LogP contribution in [-0.4, -0.2) is 53.9 Å². The van der Waals surface area contributed by atoms with Crippen molar-refractivity contribution in [2.45, 2.75) is 44.6 Å². The molecule has 1 aromatic carbocycles. The first-order valence-corrected chi connectivity index (χ1v) is 9.52. The number of hydrogen-bond donors (Lipinski definition) is 0. The number of nitrogens with zero attached hydrogens (tertiary/aromatic N) is 2. The van der Waals surface area contributed by atoms with Crippen LogP contribution in [0.5, 0.6) is 5.75 Å². The second-order valence-corrected chi connectivity index (χ2v) is 7.48. The molecule has 0 spiro atoms. The van der Waals surface area contributed by atoms with E-state index in [1.54, 1.807) is 0 Å². The van der Waals surface area contributed by atoms with E-state index >= 15 is 0 Å². The van der Waals surface area contributed by atoms with Gasteiger partial charge in [0.05, 0.1) is 0 Å². The molecule has 0 aliphatic carbocycles. The van der Waals surface area contributed by atoms with E-state index in [9.17, 15) is 9.59 Å². The second kappa shape index (κ2) is 7.06. The highest BCUT2D eigenvalue weighted by Crippen LogP contribution is 2.30. The van der Waals surface area contributed by atoms with Gasteiger partial charge in [0.2, 0.25) is 5.91 Å². The van der Waals surface area contributed by atoms with Crippen molar-refractivity contribution in [1.29, 1.82) is 0 Å². The fourth-order valence-electron chi connectivity index (χ4n) is 4.22. The van der Waals surface area contributed by atoms with Crippen molar-refractivity contribution < 1.29 is 14.3 Å². The van der Waals surface area contributed by atoms with Crippen molar-refractivity contribution in [3.63, 3.8) is 0 Å². The molecule has 0 aromatic heterocycles. The van der Waals surface area contributed by atoms with Gasteiger partial charge in [-0.05, 0) is 43.2 Å². The summed E-state index contributed by atoms with van der Waals surface area (Å²) in [6.07, 6.45) is 5.07. The maximum absolute atomic E-state index is 12.7. The van der Waals surface area contributed by atoms with Gasteiger partial charge in [-0.2, -0.15) is 0 Å². The van der Waals surface area contributed by atoms with Gasteiger partial charge in [0.1, 0.15) is 5.75 Å². The molecule has 3 aliphatic rings. The van der Waals surface area contributed by atoms with Gasteiger partial charge in [-0.3, -0.25) is 9.59 Å². The smallest absolute Gasteiger partial charge is 0.263 e. The van der Waals surface area contributed by atoms with Gasteiger partial charge in [0.25, 0.3) is 5.91 Å². The Morgan fingerprint density at radius 1 is 1.00 bits per heavy atom. The van der Waals surface area contributed by atoms with Gasteiger partial charge in [0, 0.05) is 39.0 Å². The van der Waals surface area contributed by atoms with E-state index in [0.29, 0.717) is 24.7 Å². The molecule has 0 bridgehead atoms. The van der Waals surface area contributed by atoms with Gasteiger partial charge in [-0.15, -0.1) is 0 Å². The number of amides is 2. The second-order valence-electron chi connectivity index (χ2n) is 7.48. The van der Waals surface area contributed by atoms with E-state index in [2.05, 4.69) is 0 Å². The summed E-state index contributed by atoms with van der Waals surface area (Å²) in [6, 6.07) is 7.88. The van der Waals surface area contributed by atoms with E-state index in [-0.39, 0.29) is 12.0 Å². The van der Waals surface area contributed by atoms with Crippen molar-refractivity contribution in [3.8, 4) is 5.75 Å². The van der Waals surface area contributed by atoms with Crippen molar-refractivity contribution in [3.05, 3.63) is 29.8 Å². The highest BCUT2D eigenvalue weighted by atomic mass is 16.5. The van der Waals surface area contributed by atoms with Crippen LogP contribution in [0, 0.1) is 5.92 Å². The third-order valence-corrected chi connectivity index (χ3v) is 5.77. The van der Waals surface area contributed by atoms with Crippen LogP contribution in [0.15, 0.2) is 24.3 Å². The minimum absolute atomic E-state index is 0.0977. The lowest BCUT2D eigenvalue weighted by Gasteiger charge is -2.33. The van der Waals surface area contributed by atoms with Crippen LogP contribution in [0.3, 0.4) is 0 Å². The maximum Gasteiger partial charge on any atom is 0.263 e. The summed E-state index contributed by atoms with van der Waals surface area (Å²) < 4.78 is 5.83. The van der Waals surface area contributed by atoms with Crippen LogP contribution in [0.2, 0.25) is 0 Å². The predicted molar refractivity (Wildman–Crippen MR) is 94.3 cm³/mol. The molecule has 3 aliphatic heterocycles. The Balaban J connectivity index is 1.26. The highest BCUT2D eigenvalue weighted by molar-refractivity contribution is 5.83. The van der Waals surface area contributed by atoms with Gasteiger partial charge in [0.15, 0.2) is 6.10 Å². The Kier molecular flexibility index (Phi) is 4.64. The van der Waals surface area contributed by atoms with Crippen molar-refractivity contribution in [1.82, 2.24) is 9.80 Å². The number of carbonyl (C=O) groups excluding carboxylic acids is 2. The monoisotopic (exact) mass is 342 g/mol. The van der Waals surface area contributed by atoms with Gasteiger partial charge < -0.3 is 14.5 Å². The number of benzene rings is 1. The number of fused-ring (bicyclic) bond motifs is 1. The quantitative estimate of drug-likeness (QED) is 0.846. The van der Waals surface area contributed by atoms with E-state index in [1.807, 2.05) is 34.1 Å². The molecular formula is C20H26N2O3. The van der Waals surface area contributed by atoms with Gasteiger partial charge in [-0.1, -0.05) is 18.2 Å². The summed E-state index contributed by atoms with van der Waals surface area (Å²) in [5.74, 6) is 1.66. The molecule has 2 saturated heterocycles. The van der Waals surface area contributed by atoms with Gasteiger partial charge in [-0.25, -0.2) is 0 Å². The first-order chi connectivity index (χ1) is 12.2. The average Bonchev–Trinajstić information content (AvgIpc) is 3.31. The molecule has 4 rings (SSSR count). The zero-order valence-corrected chi connectivity index (χ0v) is 14.7. The molecule has 25 heavy (non-hydrogen) atoms. The summed E-state index contributed by atoms with van der Waals surface area (Å²) >= 11 is 0.